The van der Waals surface area contributed by atoms with E-state index >= 15 is 0 Å². The highest BCUT2D eigenvalue weighted by molar-refractivity contribution is 4.57. The van der Waals surface area contributed by atoms with Crippen LogP contribution in [0.15, 0.2) is 0 Å². The molecular formula is C8H22N4. The molecule has 4 heteroatoms. The molecule has 74 valence electrons. The number of nitrogens with one attached hydrogen (secondary N) is 2. The molecule has 1 unspecified atom stereocenters. The topological polar surface area (TPSA) is 76.1 Å². The summed E-state index contributed by atoms with van der Waals surface area (Å²) in [6.07, 6.45) is 2.16. The molecule has 1 atom stereocenters. The van der Waals surface area contributed by atoms with E-state index in [0.29, 0.717) is 0 Å². The zero-order chi connectivity index (χ0) is 9.23. The molecule has 0 fully saturated rings. The van der Waals surface area contributed by atoms with Crippen LogP contribution in [-0.2, 0) is 0 Å². The maximum atomic E-state index is 5.65. The summed E-state index contributed by atoms with van der Waals surface area (Å²) in [6, 6.07) is 0. The van der Waals surface area contributed by atoms with E-state index in [-0.39, 0.29) is 6.17 Å². The molecule has 0 saturated carbocycles. The molecule has 0 saturated heterocycles. The first-order chi connectivity index (χ1) is 5.81. The third-order valence-electron chi connectivity index (χ3n) is 1.71. The molecular weight excluding hydrogens is 152 g/mol. The van der Waals surface area contributed by atoms with E-state index in [4.69, 9.17) is 11.5 Å². The van der Waals surface area contributed by atoms with Crippen LogP contribution < -0.4 is 22.1 Å². The summed E-state index contributed by atoms with van der Waals surface area (Å²) < 4.78 is 0. The average Bonchev–Trinajstić information content (AvgIpc) is 2.10. The van der Waals surface area contributed by atoms with Crippen LogP contribution in [0.5, 0.6) is 0 Å². The molecule has 0 aliphatic heterocycles. The Hall–Kier alpha value is -0.160. The Morgan fingerprint density at radius 3 is 2.58 bits per heavy atom. The van der Waals surface area contributed by atoms with Gasteiger partial charge in [-0.25, -0.2) is 0 Å². The van der Waals surface area contributed by atoms with E-state index in [9.17, 15) is 0 Å². The van der Waals surface area contributed by atoms with Crippen LogP contribution in [-0.4, -0.2) is 32.3 Å². The van der Waals surface area contributed by atoms with Gasteiger partial charge in [0.2, 0.25) is 0 Å². The minimum atomic E-state index is 0.140. The average molecular weight is 174 g/mol. The van der Waals surface area contributed by atoms with Gasteiger partial charge in [-0.1, -0.05) is 6.92 Å². The number of nitrogens with two attached hydrogens (primary N) is 2. The van der Waals surface area contributed by atoms with Crippen molar-refractivity contribution in [3.05, 3.63) is 0 Å². The third kappa shape index (κ3) is 7.94. The van der Waals surface area contributed by atoms with Crippen molar-refractivity contribution in [3.63, 3.8) is 0 Å². The fourth-order valence-corrected chi connectivity index (χ4v) is 0.842. The highest BCUT2D eigenvalue weighted by Crippen LogP contribution is 1.77. The zero-order valence-electron chi connectivity index (χ0n) is 7.97. The molecule has 0 heterocycles. The summed E-state index contributed by atoms with van der Waals surface area (Å²) in [5.41, 5.74) is 11.0. The van der Waals surface area contributed by atoms with Gasteiger partial charge < -0.3 is 22.1 Å². The van der Waals surface area contributed by atoms with E-state index in [1.807, 2.05) is 0 Å². The van der Waals surface area contributed by atoms with Crippen molar-refractivity contribution < 1.29 is 0 Å². The molecule has 0 spiro atoms. The second kappa shape index (κ2) is 8.93. The number of hydrogen-bond donors (Lipinski definition) is 4. The minimum absolute atomic E-state index is 0.140. The first-order valence-electron chi connectivity index (χ1n) is 4.71. The Labute approximate surface area is 75.1 Å². The van der Waals surface area contributed by atoms with Gasteiger partial charge in [-0.15, -0.1) is 0 Å². The van der Waals surface area contributed by atoms with Crippen LogP contribution >= 0.6 is 0 Å². The van der Waals surface area contributed by atoms with Gasteiger partial charge in [0.15, 0.2) is 0 Å². The summed E-state index contributed by atoms with van der Waals surface area (Å²) in [6.45, 7) is 5.72. The Balaban J connectivity index is 2.90. The van der Waals surface area contributed by atoms with Gasteiger partial charge in [-0.2, -0.15) is 0 Å². The van der Waals surface area contributed by atoms with Gasteiger partial charge in [0.25, 0.3) is 0 Å². The predicted octanol–water partition coefficient (Wildman–Crippen LogP) is -0.791. The quantitative estimate of drug-likeness (QED) is 0.287. The van der Waals surface area contributed by atoms with Crippen molar-refractivity contribution in [2.24, 2.45) is 11.5 Å². The lowest BCUT2D eigenvalue weighted by atomic mass is 10.4. The standard InChI is InChI=1S/C8H22N4/c1-2-8(10)12-7-6-11-5-3-4-9/h8,11-12H,2-7,9-10H2,1H3. The highest BCUT2D eigenvalue weighted by atomic mass is 15.0. The van der Waals surface area contributed by atoms with Crippen molar-refractivity contribution in [1.29, 1.82) is 0 Å². The van der Waals surface area contributed by atoms with Crippen LogP contribution in [0.25, 0.3) is 0 Å². The van der Waals surface area contributed by atoms with E-state index in [1.165, 1.54) is 0 Å². The lowest BCUT2D eigenvalue weighted by Crippen LogP contribution is -2.40. The molecule has 0 bridgehead atoms. The van der Waals surface area contributed by atoms with Crippen LogP contribution in [0.1, 0.15) is 19.8 Å². The van der Waals surface area contributed by atoms with E-state index in [1.54, 1.807) is 0 Å². The zero-order valence-corrected chi connectivity index (χ0v) is 7.97. The summed E-state index contributed by atoms with van der Waals surface area (Å²) in [7, 11) is 0. The molecule has 0 aliphatic rings. The Kier molecular flexibility index (Phi) is 8.81. The molecule has 0 aromatic rings. The van der Waals surface area contributed by atoms with E-state index < -0.39 is 0 Å². The summed E-state index contributed by atoms with van der Waals surface area (Å²) >= 11 is 0. The Morgan fingerprint density at radius 2 is 2.00 bits per heavy atom. The predicted molar refractivity (Wildman–Crippen MR) is 52.8 cm³/mol. The maximum absolute atomic E-state index is 5.65. The molecule has 0 aliphatic carbocycles. The second-order valence-corrected chi connectivity index (χ2v) is 2.86. The number of hydrogen-bond acceptors (Lipinski definition) is 4. The minimum Gasteiger partial charge on any atom is -0.330 e. The Morgan fingerprint density at radius 1 is 1.25 bits per heavy atom. The van der Waals surface area contributed by atoms with Crippen molar-refractivity contribution in [1.82, 2.24) is 10.6 Å². The summed E-state index contributed by atoms with van der Waals surface area (Å²) in [5, 5.41) is 6.46. The van der Waals surface area contributed by atoms with Crippen molar-refractivity contribution >= 4 is 0 Å². The van der Waals surface area contributed by atoms with Crippen molar-refractivity contribution in [2.45, 2.75) is 25.9 Å². The fraction of sp³-hybridized carbons (Fsp3) is 1.00. The first kappa shape index (κ1) is 11.8. The van der Waals surface area contributed by atoms with Crippen molar-refractivity contribution in [2.75, 3.05) is 26.2 Å². The fourth-order valence-electron chi connectivity index (χ4n) is 0.842. The molecule has 0 rings (SSSR count). The van der Waals surface area contributed by atoms with Crippen LogP contribution in [0, 0.1) is 0 Å². The van der Waals surface area contributed by atoms with E-state index in [0.717, 1.165) is 39.0 Å². The molecule has 0 amide bonds. The molecule has 0 aromatic heterocycles. The van der Waals surface area contributed by atoms with Gasteiger partial charge in [-0.3, -0.25) is 0 Å². The molecule has 12 heavy (non-hydrogen) atoms. The number of rotatable bonds is 8. The van der Waals surface area contributed by atoms with E-state index in [2.05, 4.69) is 17.6 Å². The van der Waals surface area contributed by atoms with Crippen molar-refractivity contribution in [3.8, 4) is 0 Å². The maximum Gasteiger partial charge on any atom is 0.0544 e. The smallest absolute Gasteiger partial charge is 0.0544 e. The molecule has 0 aromatic carbocycles. The van der Waals surface area contributed by atoms with Gasteiger partial charge in [0.05, 0.1) is 6.17 Å². The van der Waals surface area contributed by atoms with Gasteiger partial charge in [0.1, 0.15) is 0 Å². The normalized spacial score (nSPS) is 13.2. The molecule has 6 N–H and O–H groups in total. The lowest BCUT2D eigenvalue weighted by molar-refractivity contribution is 0.499. The SMILES string of the molecule is CCC(N)NCCNCCCN. The largest absolute Gasteiger partial charge is 0.330 e. The Bertz CT molecular complexity index is 87.1. The highest BCUT2D eigenvalue weighted by Gasteiger charge is 1.94. The van der Waals surface area contributed by atoms with Gasteiger partial charge in [0, 0.05) is 13.1 Å². The first-order valence-corrected chi connectivity index (χ1v) is 4.71. The monoisotopic (exact) mass is 174 g/mol. The third-order valence-corrected chi connectivity index (χ3v) is 1.71. The summed E-state index contributed by atoms with van der Waals surface area (Å²) in [5.74, 6) is 0. The van der Waals surface area contributed by atoms with Crippen LogP contribution in [0.3, 0.4) is 0 Å². The second-order valence-electron chi connectivity index (χ2n) is 2.86. The summed E-state index contributed by atoms with van der Waals surface area (Å²) in [4.78, 5) is 0. The van der Waals surface area contributed by atoms with Crippen LogP contribution in [0.4, 0.5) is 0 Å². The lowest BCUT2D eigenvalue weighted by Gasteiger charge is -2.11. The van der Waals surface area contributed by atoms with Gasteiger partial charge >= 0.3 is 0 Å². The van der Waals surface area contributed by atoms with Gasteiger partial charge in [-0.05, 0) is 25.9 Å². The molecule has 0 radical (unpaired) electrons. The molecule has 4 nitrogen and oxygen atoms in total. The van der Waals surface area contributed by atoms with Crippen LogP contribution in [0.2, 0.25) is 0 Å².